The van der Waals surface area contributed by atoms with E-state index in [2.05, 4.69) is 0 Å². The molecule has 4 heteroatoms. The largest absolute Gasteiger partial charge is 0.456 e. The molecule has 0 radical (unpaired) electrons. The summed E-state index contributed by atoms with van der Waals surface area (Å²) >= 11 is 0. The third kappa shape index (κ3) is 5.88. The van der Waals surface area contributed by atoms with Crippen LogP contribution in [0.5, 0.6) is 0 Å². The fraction of sp³-hybridized carbons (Fsp3) is 0.750. The highest BCUT2D eigenvalue weighted by molar-refractivity contribution is 5.87. The van der Waals surface area contributed by atoms with Crippen molar-refractivity contribution < 1.29 is 19.7 Å². The number of ether oxygens (including phenoxy) is 1. The molecule has 0 aliphatic rings. The number of carbonyl (C=O) groups excluding carboxylic acids is 1. The molecule has 94 valence electrons. The van der Waals surface area contributed by atoms with Crippen LogP contribution >= 0.6 is 0 Å². The van der Waals surface area contributed by atoms with Crippen LogP contribution < -0.4 is 0 Å². The second kappa shape index (κ2) is 7.41. The molecule has 0 aromatic rings. The van der Waals surface area contributed by atoms with E-state index in [0.717, 1.165) is 0 Å². The number of carbonyl (C=O) groups is 1. The number of aliphatic hydroxyl groups excluding tert-OH is 2. The van der Waals surface area contributed by atoms with Crippen LogP contribution in [-0.2, 0) is 9.53 Å². The molecular weight excluding hydrogens is 208 g/mol. The number of aliphatic hydroxyl groups is 2. The van der Waals surface area contributed by atoms with Gasteiger partial charge in [-0.3, -0.25) is 0 Å². The molecule has 0 aliphatic heterocycles. The van der Waals surface area contributed by atoms with Gasteiger partial charge in [-0.2, -0.15) is 0 Å². The Bertz CT molecular complexity index is 243. The van der Waals surface area contributed by atoms with Gasteiger partial charge in [-0.05, 0) is 40.5 Å². The second-order valence-electron chi connectivity index (χ2n) is 4.08. The van der Waals surface area contributed by atoms with Crippen molar-refractivity contribution in [2.75, 3.05) is 0 Å². The molecule has 16 heavy (non-hydrogen) atoms. The molecule has 0 saturated carbocycles. The Morgan fingerprint density at radius 1 is 1.31 bits per heavy atom. The van der Waals surface area contributed by atoms with E-state index in [9.17, 15) is 9.90 Å². The monoisotopic (exact) mass is 230 g/mol. The van der Waals surface area contributed by atoms with Gasteiger partial charge in [0, 0.05) is 5.57 Å². The van der Waals surface area contributed by atoms with E-state index < -0.39 is 24.3 Å². The van der Waals surface area contributed by atoms with Crippen LogP contribution in [0.15, 0.2) is 11.6 Å². The smallest absolute Gasteiger partial charge is 0.333 e. The molecule has 0 saturated heterocycles. The lowest BCUT2D eigenvalue weighted by atomic mass is 10.1. The highest BCUT2D eigenvalue weighted by atomic mass is 16.6. The maximum absolute atomic E-state index is 11.5. The Morgan fingerprint density at radius 2 is 1.88 bits per heavy atom. The Kier molecular flexibility index (Phi) is 7.01. The SMILES string of the molecule is CC=C(C)C(=O)OC(CCC(C)O)C(C)O. The number of esters is 1. The van der Waals surface area contributed by atoms with Crippen molar-refractivity contribution in [3.8, 4) is 0 Å². The van der Waals surface area contributed by atoms with Crippen molar-refractivity contribution in [1.29, 1.82) is 0 Å². The summed E-state index contributed by atoms with van der Waals surface area (Å²) in [5.74, 6) is -0.418. The highest BCUT2D eigenvalue weighted by Gasteiger charge is 2.20. The Labute approximate surface area is 96.9 Å². The van der Waals surface area contributed by atoms with E-state index in [1.54, 1.807) is 33.8 Å². The van der Waals surface area contributed by atoms with E-state index in [0.29, 0.717) is 18.4 Å². The maximum Gasteiger partial charge on any atom is 0.333 e. The van der Waals surface area contributed by atoms with Crippen molar-refractivity contribution in [2.24, 2.45) is 0 Å². The zero-order chi connectivity index (χ0) is 12.7. The summed E-state index contributed by atoms with van der Waals surface area (Å²) in [7, 11) is 0. The average molecular weight is 230 g/mol. The molecule has 0 aromatic heterocycles. The normalized spacial score (nSPS) is 17.8. The number of allylic oxidation sites excluding steroid dienone is 1. The quantitative estimate of drug-likeness (QED) is 0.535. The average Bonchev–Trinajstić information content (AvgIpc) is 2.21. The predicted octanol–water partition coefficient (Wildman–Crippen LogP) is 1.41. The summed E-state index contributed by atoms with van der Waals surface area (Å²) in [5, 5.41) is 18.6. The molecule has 0 fully saturated rings. The van der Waals surface area contributed by atoms with Crippen molar-refractivity contribution in [3.63, 3.8) is 0 Å². The first kappa shape index (κ1) is 15.1. The summed E-state index contributed by atoms with van der Waals surface area (Å²) in [4.78, 5) is 11.5. The van der Waals surface area contributed by atoms with Crippen molar-refractivity contribution in [1.82, 2.24) is 0 Å². The molecule has 0 aliphatic carbocycles. The summed E-state index contributed by atoms with van der Waals surface area (Å²) in [6.45, 7) is 6.66. The van der Waals surface area contributed by atoms with Gasteiger partial charge in [-0.25, -0.2) is 4.79 Å². The van der Waals surface area contributed by atoms with Crippen LogP contribution in [0.1, 0.15) is 40.5 Å². The summed E-state index contributed by atoms with van der Waals surface area (Å²) < 4.78 is 5.15. The fourth-order valence-electron chi connectivity index (χ4n) is 1.15. The van der Waals surface area contributed by atoms with Gasteiger partial charge in [0.15, 0.2) is 0 Å². The molecular formula is C12H22O4. The van der Waals surface area contributed by atoms with Gasteiger partial charge >= 0.3 is 5.97 Å². The molecule has 2 N–H and O–H groups in total. The topological polar surface area (TPSA) is 66.8 Å². The van der Waals surface area contributed by atoms with Crippen LogP contribution in [0.4, 0.5) is 0 Å². The van der Waals surface area contributed by atoms with Crippen LogP contribution in [-0.4, -0.2) is 34.5 Å². The van der Waals surface area contributed by atoms with E-state index in [4.69, 9.17) is 9.84 Å². The minimum absolute atomic E-state index is 0.418. The second-order valence-corrected chi connectivity index (χ2v) is 4.08. The van der Waals surface area contributed by atoms with E-state index >= 15 is 0 Å². The lowest BCUT2D eigenvalue weighted by Gasteiger charge is -2.21. The van der Waals surface area contributed by atoms with Gasteiger partial charge in [0.2, 0.25) is 0 Å². The molecule has 0 bridgehead atoms. The van der Waals surface area contributed by atoms with Crippen molar-refractivity contribution >= 4 is 5.97 Å². The Morgan fingerprint density at radius 3 is 2.25 bits per heavy atom. The summed E-state index contributed by atoms with van der Waals surface area (Å²) in [5.41, 5.74) is 0.516. The van der Waals surface area contributed by atoms with Crippen LogP contribution in [0, 0.1) is 0 Å². The fourth-order valence-corrected chi connectivity index (χ4v) is 1.15. The summed E-state index contributed by atoms with van der Waals surface area (Å²) in [6, 6.07) is 0. The first-order valence-corrected chi connectivity index (χ1v) is 5.58. The van der Waals surface area contributed by atoms with Crippen molar-refractivity contribution in [3.05, 3.63) is 11.6 Å². The van der Waals surface area contributed by atoms with Gasteiger partial charge < -0.3 is 14.9 Å². The number of hydrogen-bond donors (Lipinski definition) is 2. The van der Waals surface area contributed by atoms with Gasteiger partial charge in [-0.1, -0.05) is 6.08 Å². The summed E-state index contributed by atoms with van der Waals surface area (Å²) in [6.07, 6.45) is 0.874. The van der Waals surface area contributed by atoms with Crippen LogP contribution in [0.2, 0.25) is 0 Å². The first-order valence-electron chi connectivity index (χ1n) is 5.58. The van der Waals surface area contributed by atoms with E-state index in [1.807, 2.05) is 0 Å². The van der Waals surface area contributed by atoms with Gasteiger partial charge in [0.05, 0.1) is 12.2 Å². The number of hydrogen-bond acceptors (Lipinski definition) is 4. The first-order chi connectivity index (χ1) is 7.38. The zero-order valence-corrected chi connectivity index (χ0v) is 10.4. The minimum Gasteiger partial charge on any atom is -0.456 e. The molecule has 0 heterocycles. The third-order valence-corrected chi connectivity index (χ3v) is 2.42. The third-order valence-electron chi connectivity index (χ3n) is 2.42. The number of rotatable bonds is 6. The Balaban J connectivity index is 4.29. The molecule has 3 unspecified atom stereocenters. The van der Waals surface area contributed by atoms with Crippen LogP contribution in [0.3, 0.4) is 0 Å². The van der Waals surface area contributed by atoms with Gasteiger partial charge in [0.25, 0.3) is 0 Å². The lowest BCUT2D eigenvalue weighted by molar-refractivity contribution is -0.150. The predicted molar refractivity (Wildman–Crippen MR) is 61.9 cm³/mol. The molecule has 0 amide bonds. The molecule has 4 nitrogen and oxygen atoms in total. The van der Waals surface area contributed by atoms with Crippen molar-refractivity contribution in [2.45, 2.75) is 58.8 Å². The highest BCUT2D eigenvalue weighted by Crippen LogP contribution is 2.12. The molecule has 3 atom stereocenters. The standard InChI is InChI=1S/C12H22O4/c1-5-8(2)12(15)16-11(10(4)14)7-6-9(3)13/h5,9-11,13-14H,6-7H2,1-4H3. The maximum atomic E-state index is 11.5. The minimum atomic E-state index is -0.729. The van der Waals surface area contributed by atoms with Gasteiger partial charge in [-0.15, -0.1) is 0 Å². The molecule has 0 aromatic carbocycles. The lowest BCUT2D eigenvalue weighted by Crippen LogP contribution is -2.30. The van der Waals surface area contributed by atoms with Gasteiger partial charge in [0.1, 0.15) is 6.10 Å². The Hall–Kier alpha value is -0.870. The zero-order valence-electron chi connectivity index (χ0n) is 10.4. The van der Waals surface area contributed by atoms with Crippen LogP contribution in [0.25, 0.3) is 0 Å². The molecule has 0 spiro atoms. The van der Waals surface area contributed by atoms with E-state index in [-0.39, 0.29) is 0 Å². The molecule has 0 rings (SSSR count). The van der Waals surface area contributed by atoms with E-state index in [1.165, 1.54) is 0 Å².